The molecule has 4 nitrogen and oxygen atoms in total. The SMILES string of the molecule is CN(CCCNC(=O)C(C)(C)N)Cc1ccccc1. The normalized spacial score (nSPS) is 11.6. The molecule has 1 aromatic rings. The Hall–Kier alpha value is -1.39. The fourth-order valence-corrected chi connectivity index (χ4v) is 1.75. The lowest BCUT2D eigenvalue weighted by atomic mass is 10.1. The zero-order valence-electron chi connectivity index (χ0n) is 12.1. The van der Waals surface area contributed by atoms with Crippen LogP contribution in [0.4, 0.5) is 0 Å². The van der Waals surface area contributed by atoms with E-state index in [2.05, 4.69) is 29.4 Å². The Kier molecular flexibility index (Phi) is 5.99. The Morgan fingerprint density at radius 3 is 2.53 bits per heavy atom. The average Bonchev–Trinajstić information content (AvgIpc) is 2.34. The van der Waals surface area contributed by atoms with Crippen LogP contribution in [0.5, 0.6) is 0 Å². The molecule has 0 fully saturated rings. The van der Waals surface area contributed by atoms with E-state index in [0.717, 1.165) is 19.5 Å². The number of hydrogen-bond acceptors (Lipinski definition) is 3. The first-order valence-corrected chi connectivity index (χ1v) is 6.69. The van der Waals surface area contributed by atoms with Crippen molar-refractivity contribution in [3.05, 3.63) is 35.9 Å². The molecule has 0 radical (unpaired) electrons. The molecule has 0 aromatic heterocycles. The van der Waals surface area contributed by atoms with Gasteiger partial charge in [0.25, 0.3) is 0 Å². The van der Waals surface area contributed by atoms with Gasteiger partial charge in [0.2, 0.25) is 5.91 Å². The van der Waals surface area contributed by atoms with Crippen LogP contribution in [0.3, 0.4) is 0 Å². The second-order valence-electron chi connectivity index (χ2n) is 5.55. The largest absolute Gasteiger partial charge is 0.354 e. The van der Waals surface area contributed by atoms with Crippen LogP contribution in [-0.4, -0.2) is 36.5 Å². The van der Waals surface area contributed by atoms with Crippen molar-refractivity contribution in [1.29, 1.82) is 0 Å². The minimum atomic E-state index is -0.796. The number of rotatable bonds is 7. The maximum Gasteiger partial charge on any atom is 0.239 e. The summed E-state index contributed by atoms with van der Waals surface area (Å²) in [6.45, 7) is 5.96. The number of amides is 1. The van der Waals surface area contributed by atoms with Gasteiger partial charge in [-0.2, -0.15) is 0 Å². The minimum Gasteiger partial charge on any atom is -0.354 e. The summed E-state index contributed by atoms with van der Waals surface area (Å²) in [6.07, 6.45) is 0.922. The predicted octanol–water partition coefficient (Wildman–Crippen LogP) is 1.36. The van der Waals surface area contributed by atoms with Gasteiger partial charge in [-0.15, -0.1) is 0 Å². The molecule has 0 unspecified atom stereocenters. The molecule has 0 saturated carbocycles. The van der Waals surface area contributed by atoms with Crippen LogP contribution in [0.2, 0.25) is 0 Å². The highest BCUT2D eigenvalue weighted by Crippen LogP contribution is 2.02. The Balaban J connectivity index is 2.18. The maximum atomic E-state index is 11.6. The smallest absolute Gasteiger partial charge is 0.239 e. The average molecular weight is 263 g/mol. The molecule has 3 N–H and O–H groups in total. The zero-order chi connectivity index (χ0) is 14.3. The number of nitrogens with one attached hydrogen (secondary N) is 1. The molecule has 0 aliphatic heterocycles. The highest BCUT2D eigenvalue weighted by molar-refractivity contribution is 5.84. The van der Waals surface area contributed by atoms with Crippen LogP contribution in [0, 0.1) is 0 Å². The van der Waals surface area contributed by atoms with Gasteiger partial charge in [0.1, 0.15) is 0 Å². The van der Waals surface area contributed by atoms with Gasteiger partial charge >= 0.3 is 0 Å². The zero-order valence-corrected chi connectivity index (χ0v) is 12.1. The summed E-state index contributed by atoms with van der Waals surface area (Å²) in [6, 6.07) is 10.4. The fraction of sp³-hybridized carbons (Fsp3) is 0.533. The van der Waals surface area contributed by atoms with Crippen molar-refractivity contribution < 1.29 is 4.79 Å². The number of hydrogen-bond donors (Lipinski definition) is 2. The van der Waals surface area contributed by atoms with Gasteiger partial charge in [0, 0.05) is 13.1 Å². The summed E-state index contributed by atoms with van der Waals surface area (Å²) < 4.78 is 0. The van der Waals surface area contributed by atoms with Gasteiger partial charge in [-0.1, -0.05) is 30.3 Å². The van der Waals surface area contributed by atoms with Gasteiger partial charge in [0.15, 0.2) is 0 Å². The molecule has 0 atom stereocenters. The summed E-state index contributed by atoms with van der Waals surface area (Å²) in [5, 5.41) is 2.85. The van der Waals surface area contributed by atoms with Crippen LogP contribution in [0.15, 0.2) is 30.3 Å². The molecule has 19 heavy (non-hydrogen) atoms. The molecule has 106 valence electrons. The summed E-state index contributed by atoms with van der Waals surface area (Å²) in [5.41, 5.74) is 6.21. The lowest BCUT2D eigenvalue weighted by molar-refractivity contribution is -0.125. The second-order valence-corrected chi connectivity index (χ2v) is 5.55. The molecule has 1 rings (SSSR count). The second kappa shape index (κ2) is 7.26. The summed E-state index contributed by atoms with van der Waals surface area (Å²) >= 11 is 0. The van der Waals surface area contributed by atoms with Gasteiger partial charge in [-0.3, -0.25) is 4.79 Å². The molecule has 0 aliphatic carbocycles. The van der Waals surface area contributed by atoms with E-state index in [9.17, 15) is 4.79 Å². The standard InChI is InChI=1S/C15H25N3O/c1-15(2,16)14(19)17-10-7-11-18(3)12-13-8-5-4-6-9-13/h4-6,8-9H,7,10-12,16H2,1-3H3,(H,17,19). The minimum absolute atomic E-state index is 0.0989. The molecule has 0 aliphatic rings. The fourth-order valence-electron chi connectivity index (χ4n) is 1.75. The first kappa shape index (κ1) is 15.7. The molecule has 0 bridgehead atoms. The molecule has 0 heterocycles. The van der Waals surface area contributed by atoms with Crippen LogP contribution < -0.4 is 11.1 Å². The molecular formula is C15H25N3O. The number of benzene rings is 1. The molecule has 0 spiro atoms. The van der Waals surface area contributed by atoms with Crippen molar-refractivity contribution in [3.8, 4) is 0 Å². The first-order chi connectivity index (χ1) is 8.89. The van der Waals surface area contributed by atoms with Crippen LogP contribution in [0.25, 0.3) is 0 Å². The Bertz CT molecular complexity index is 384. The molecule has 1 aromatic carbocycles. The maximum absolute atomic E-state index is 11.6. The molecule has 0 saturated heterocycles. The van der Waals surface area contributed by atoms with Crippen LogP contribution in [0.1, 0.15) is 25.8 Å². The van der Waals surface area contributed by atoms with Crippen molar-refractivity contribution in [3.63, 3.8) is 0 Å². The number of nitrogens with zero attached hydrogens (tertiary/aromatic N) is 1. The van der Waals surface area contributed by atoms with Gasteiger partial charge in [0.05, 0.1) is 5.54 Å². The highest BCUT2D eigenvalue weighted by Gasteiger charge is 2.20. The van der Waals surface area contributed by atoms with Crippen LogP contribution >= 0.6 is 0 Å². The molecular weight excluding hydrogens is 238 g/mol. The van der Waals surface area contributed by atoms with E-state index in [4.69, 9.17) is 5.73 Å². The van der Waals surface area contributed by atoms with Crippen molar-refractivity contribution in [1.82, 2.24) is 10.2 Å². The Morgan fingerprint density at radius 1 is 1.32 bits per heavy atom. The molecule has 1 amide bonds. The van der Waals surface area contributed by atoms with Crippen molar-refractivity contribution in [2.45, 2.75) is 32.4 Å². The van der Waals surface area contributed by atoms with Gasteiger partial charge in [-0.05, 0) is 39.4 Å². The number of carbonyl (C=O) groups excluding carboxylic acids is 1. The number of nitrogens with two attached hydrogens (primary N) is 1. The monoisotopic (exact) mass is 263 g/mol. The van der Waals surface area contributed by atoms with E-state index in [1.54, 1.807) is 13.8 Å². The quantitative estimate of drug-likeness (QED) is 0.730. The van der Waals surface area contributed by atoms with Crippen molar-refractivity contribution in [2.75, 3.05) is 20.1 Å². The van der Waals surface area contributed by atoms with E-state index in [-0.39, 0.29) is 5.91 Å². The highest BCUT2D eigenvalue weighted by atomic mass is 16.2. The predicted molar refractivity (Wildman–Crippen MR) is 78.7 cm³/mol. The van der Waals surface area contributed by atoms with E-state index >= 15 is 0 Å². The topological polar surface area (TPSA) is 58.4 Å². The van der Waals surface area contributed by atoms with Crippen molar-refractivity contribution in [2.24, 2.45) is 5.73 Å². The van der Waals surface area contributed by atoms with E-state index in [0.29, 0.717) is 6.54 Å². The van der Waals surface area contributed by atoms with E-state index < -0.39 is 5.54 Å². The lowest BCUT2D eigenvalue weighted by Crippen LogP contribution is -2.49. The van der Waals surface area contributed by atoms with Gasteiger partial charge < -0.3 is 16.0 Å². The summed E-state index contributed by atoms with van der Waals surface area (Å²) in [7, 11) is 2.09. The lowest BCUT2D eigenvalue weighted by Gasteiger charge is -2.19. The third-order valence-electron chi connectivity index (χ3n) is 2.88. The molecule has 4 heteroatoms. The first-order valence-electron chi connectivity index (χ1n) is 6.69. The Morgan fingerprint density at radius 2 is 1.95 bits per heavy atom. The van der Waals surface area contributed by atoms with Gasteiger partial charge in [-0.25, -0.2) is 0 Å². The van der Waals surface area contributed by atoms with E-state index in [1.807, 2.05) is 18.2 Å². The van der Waals surface area contributed by atoms with Crippen molar-refractivity contribution >= 4 is 5.91 Å². The Labute approximate surface area is 116 Å². The number of carbonyl (C=O) groups is 1. The summed E-state index contributed by atoms with van der Waals surface area (Å²) in [5.74, 6) is -0.0989. The third-order valence-corrected chi connectivity index (χ3v) is 2.88. The third kappa shape index (κ3) is 6.36. The van der Waals surface area contributed by atoms with Crippen LogP contribution in [-0.2, 0) is 11.3 Å². The van der Waals surface area contributed by atoms with E-state index in [1.165, 1.54) is 5.56 Å². The summed E-state index contributed by atoms with van der Waals surface area (Å²) in [4.78, 5) is 13.8.